The molecule has 0 atom stereocenters. The normalized spacial score (nSPS) is 11.5. The fraction of sp³-hybridized carbons (Fsp3) is 0.562. The molecule has 0 radical (unpaired) electrons. The van der Waals surface area contributed by atoms with Crippen molar-refractivity contribution in [3.8, 4) is 5.75 Å². The van der Waals surface area contributed by atoms with Crippen LogP contribution in [0.15, 0.2) is 18.2 Å². The summed E-state index contributed by atoms with van der Waals surface area (Å²) in [6.07, 6.45) is 0.404. The second-order valence-electron chi connectivity index (χ2n) is 6.21. The molecule has 0 saturated carbocycles. The monoisotopic (exact) mass is 263 g/mol. The molecular formula is C16H25NO2. The lowest BCUT2D eigenvalue weighted by atomic mass is 9.98. The maximum Gasteiger partial charge on any atom is 0.224 e. The van der Waals surface area contributed by atoms with Crippen molar-refractivity contribution in [2.24, 2.45) is 0 Å². The molecule has 106 valence electrons. The molecule has 0 aliphatic rings. The Morgan fingerprint density at radius 2 is 1.95 bits per heavy atom. The zero-order valence-electron chi connectivity index (χ0n) is 12.8. The molecule has 0 aliphatic carbocycles. The van der Waals surface area contributed by atoms with Gasteiger partial charge >= 0.3 is 0 Å². The minimum Gasteiger partial charge on any atom is -0.496 e. The fourth-order valence-electron chi connectivity index (χ4n) is 1.99. The summed E-state index contributed by atoms with van der Waals surface area (Å²) in [4.78, 5) is 11.9. The Bertz CT molecular complexity index is 445. The highest BCUT2D eigenvalue weighted by Crippen LogP contribution is 2.27. The second kappa shape index (κ2) is 6.09. The molecular weight excluding hydrogens is 238 g/mol. The van der Waals surface area contributed by atoms with E-state index < -0.39 is 0 Å². The van der Waals surface area contributed by atoms with Crippen LogP contribution in [0.2, 0.25) is 0 Å². The van der Waals surface area contributed by atoms with Crippen molar-refractivity contribution in [2.75, 3.05) is 7.11 Å². The van der Waals surface area contributed by atoms with E-state index in [-0.39, 0.29) is 11.4 Å². The summed E-state index contributed by atoms with van der Waals surface area (Å²) in [7, 11) is 1.67. The van der Waals surface area contributed by atoms with Crippen molar-refractivity contribution in [1.29, 1.82) is 0 Å². The number of hydrogen-bond acceptors (Lipinski definition) is 2. The molecule has 0 heterocycles. The Kier molecular flexibility index (Phi) is 4.98. The van der Waals surface area contributed by atoms with Gasteiger partial charge in [0.15, 0.2) is 0 Å². The topological polar surface area (TPSA) is 38.3 Å². The van der Waals surface area contributed by atoms with Gasteiger partial charge in [-0.15, -0.1) is 0 Å². The van der Waals surface area contributed by atoms with Gasteiger partial charge in [0.25, 0.3) is 0 Å². The molecule has 0 aliphatic heterocycles. The third-order valence-corrected chi connectivity index (χ3v) is 2.80. The SMILES string of the molecule is COc1ccc(CC(=O)NC(C)(C)C)cc1C(C)C. The van der Waals surface area contributed by atoms with E-state index in [2.05, 4.69) is 25.2 Å². The minimum atomic E-state index is -0.190. The summed E-state index contributed by atoms with van der Waals surface area (Å²) in [5.74, 6) is 1.31. The number of rotatable bonds is 4. The van der Waals surface area contributed by atoms with Gasteiger partial charge in [0.2, 0.25) is 5.91 Å². The first-order valence-corrected chi connectivity index (χ1v) is 6.71. The number of amides is 1. The molecule has 1 aromatic rings. The Labute approximate surface area is 116 Å². The van der Waals surface area contributed by atoms with Crippen molar-refractivity contribution in [1.82, 2.24) is 5.32 Å². The molecule has 0 aromatic heterocycles. The number of benzene rings is 1. The van der Waals surface area contributed by atoms with E-state index in [0.29, 0.717) is 12.3 Å². The first kappa shape index (κ1) is 15.5. The molecule has 1 aromatic carbocycles. The van der Waals surface area contributed by atoms with Crippen molar-refractivity contribution in [3.63, 3.8) is 0 Å². The molecule has 19 heavy (non-hydrogen) atoms. The molecule has 0 saturated heterocycles. The number of hydrogen-bond donors (Lipinski definition) is 1. The largest absolute Gasteiger partial charge is 0.496 e. The minimum absolute atomic E-state index is 0.0485. The molecule has 0 fully saturated rings. The van der Waals surface area contributed by atoms with Crippen molar-refractivity contribution >= 4 is 5.91 Å². The lowest BCUT2D eigenvalue weighted by molar-refractivity contribution is -0.121. The highest BCUT2D eigenvalue weighted by Gasteiger charge is 2.15. The van der Waals surface area contributed by atoms with Crippen LogP contribution < -0.4 is 10.1 Å². The molecule has 3 heteroatoms. The fourth-order valence-corrected chi connectivity index (χ4v) is 1.99. The first-order chi connectivity index (χ1) is 8.73. The summed E-state index contributed by atoms with van der Waals surface area (Å²) >= 11 is 0. The molecule has 1 N–H and O–H groups in total. The molecule has 0 bridgehead atoms. The van der Waals surface area contributed by atoms with Crippen LogP contribution in [-0.4, -0.2) is 18.6 Å². The summed E-state index contributed by atoms with van der Waals surface area (Å²) in [6, 6.07) is 5.95. The predicted molar refractivity (Wildman–Crippen MR) is 78.7 cm³/mol. The molecule has 1 amide bonds. The number of carbonyl (C=O) groups is 1. The lowest BCUT2D eigenvalue weighted by Gasteiger charge is -2.21. The third-order valence-electron chi connectivity index (χ3n) is 2.80. The van der Waals surface area contributed by atoms with Crippen LogP contribution in [0.25, 0.3) is 0 Å². The third kappa shape index (κ3) is 4.93. The lowest BCUT2D eigenvalue weighted by Crippen LogP contribution is -2.41. The standard InChI is InChI=1S/C16H25NO2/c1-11(2)13-9-12(7-8-14(13)19-6)10-15(18)17-16(3,4)5/h7-9,11H,10H2,1-6H3,(H,17,18). The van der Waals surface area contributed by atoms with Gasteiger partial charge in [-0.2, -0.15) is 0 Å². The Balaban J connectivity index is 2.85. The predicted octanol–water partition coefficient (Wildman–Crippen LogP) is 3.28. The van der Waals surface area contributed by atoms with Crippen LogP contribution in [0.1, 0.15) is 51.7 Å². The van der Waals surface area contributed by atoms with E-state index in [4.69, 9.17) is 4.74 Å². The van der Waals surface area contributed by atoms with Gasteiger partial charge in [0.1, 0.15) is 5.75 Å². The number of carbonyl (C=O) groups excluding carboxylic acids is 1. The Morgan fingerprint density at radius 1 is 1.32 bits per heavy atom. The van der Waals surface area contributed by atoms with Gasteiger partial charge in [-0.25, -0.2) is 0 Å². The summed E-state index contributed by atoms with van der Waals surface area (Å²) in [5, 5.41) is 2.97. The Morgan fingerprint density at radius 3 is 2.42 bits per heavy atom. The van der Waals surface area contributed by atoms with Crippen LogP contribution in [0.4, 0.5) is 0 Å². The van der Waals surface area contributed by atoms with E-state index >= 15 is 0 Å². The number of nitrogens with one attached hydrogen (secondary N) is 1. The molecule has 3 nitrogen and oxygen atoms in total. The summed E-state index contributed by atoms with van der Waals surface area (Å²) in [5.41, 5.74) is 1.97. The smallest absolute Gasteiger partial charge is 0.224 e. The van der Waals surface area contributed by atoms with Gasteiger partial charge < -0.3 is 10.1 Å². The van der Waals surface area contributed by atoms with Crippen LogP contribution in [-0.2, 0) is 11.2 Å². The zero-order chi connectivity index (χ0) is 14.6. The molecule has 0 unspecified atom stereocenters. The van der Waals surface area contributed by atoms with Gasteiger partial charge in [0, 0.05) is 5.54 Å². The van der Waals surface area contributed by atoms with Crippen LogP contribution in [0, 0.1) is 0 Å². The van der Waals surface area contributed by atoms with E-state index in [9.17, 15) is 4.79 Å². The van der Waals surface area contributed by atoms with E-state index in [1.807, 2.05) is 32.9 Å². The zero-order valence-corrected chi connectivity index (χ0v) is 12.8. The van der Waals surface area contributed by atoms with Gasteiger partial charge in [-0.05, 0) is 43.9 Å². The van der Waals surface area contributed by atoms with E-state index in [0.717, 1.165) is 16.9 Å². The van der Waals surface area contributed by atoms with Gasteiger partial charge in [0.05, 0.1) is 13.5 Å². The van der Waals surface area contributed by atoms with Crippen molar-refractivity contribution in [3.05, 3.63) is 29.3 Å². The van der Waals surface area contributed by atoms with Crippen molar-refractivity contribution < 1.29 is 9.53 Å². The average Bonchev–Trinajstić information content (AvgIpc) is 2.26. The Hall–Kier alpha value is -1.51. The second-order valence-corrected chi connectivity index (χ2v) is 6.21. The maximum atomic E-state index is 11.9. The van der Waals surface area contributed by atoms with Crippen LogP contribution >= 0.6 is 0 Å². The molecule has 1 rings (SSSR count). The van der Waals surface area contributed by atoms with Crippen molar-refractivity contribution in [2.45, 2.75) is 52.5 Å². The average molecular weight is 263 g/mol. The van der Waals surface area contributed by atoms with E-state index in [1.165, 1.54) is 0 Å². The highest BCUT2D eigenvalue weighted by atomic mass is 16.5. The highest BCUT2D eigenvalue weighted by molar-refractivity contribution is 5.79. The quantitative estimate of drug-likeness (QED) is 0.905. The van der Waals surface area contributed by atoms with Crippen LogP contribution in [0.5, 0.6) is 5.75 Å². The first-order valence-electron chi connectivity index (χ1n) is 6.71. The van der Waals surface area contributed by atoms with Gasteiger partial charge in [-0.1, -0.05) is 26.0 Å². The maximum absolute atomic E-state index is 11.9. The number of ether oxygens (including phenoxy) is 1. The van der Waals surface area contributed by atoms with E-state index in [1.54, 1.807) is 7.11 Å². The summed E-state index contributed by atoms with van der Waals surface area (Å²) in [6.45, 7) is 10.2. The molecule has 0 spiro atoms. The van der Waals surface area contributed by atoms with Crippen LogP contribution in [0.3, 0.4) is 0 Å². The summed E-state index contributed by atoms with van der Waals surface area (Å²) < 4.78 is 5.35. The van der Waals surface area contributed by atoms with Gasteiger partial charge in [-0.3, -0.25) is 4.79 Å². The number of methoxy groups -OCH3 is 1.